The normalized spacial score (nSPS) is 12.5. The number of methoxy groups -OCH3 is 1. The van der Waals surface area contributed by atoms with Gasteiger partial charge in [-0.15, -0.1) is 0 Å². The number of benzene rings is 1. The van der Waals surface area contributed by atoms with Gasteiger partial charge in [-0.2, -0.15) is 0 Å². The van der Waals surface area contributed by atoms with Crippen LogP contribution >= 0.6 is 15.9 Å². The Morgan fingerprint density at radius 3 is 2.63 bits per heavy atom. The molecule has 4 heteroatoms. The van der Waals surface area contributed by atoms with Crippen LogP contribution in [0.5, 0.6) is 5.75 Å². The third kappa shape index (κ3) is 3.19. The fraction of sp³-hybridized carbons (Fsp3) is 0.333. The van der Waals surface area contributed by atoms with E-state index in [4.69, 9.17) is 9.15 Å². The lowest BCUT2D eigenvalue weighted by Gasteiger charge is -2.12. The van der Waals surface area contributed by atoms with Crippen LogP contribution < -0.4 is 4.74 Å². The molecule has 0 spiro atoms. The quantitative estimate of drug-likeness (QED) is 0.926. The number of hydrogen-bond acceptors (Lipinski definition) is 3. The number of ether oxygens (including phenoxy) is 1. The summed E-state index contributed by atoms with van der Waals surface area (Å²) in [5.41, 5.74) is 1.84. The monoisotopic (exact) mass is 324 g/mol. The molecule has 0 bridgehead atoms. The highest BCUT2D eigenvalue weighted by Crippen LogP contribution is 2.29. The summed E-state index contributed by atoms with van der Waals surface area (Å²) in [4.78, 5) is 0. The van der Waals surface area contributed by atoms with E-state index in [9.17, 15) is 5.11 Å². The smallest absolute Gasteiger partial charge is 0.119 e. The number of halogens is 1. The first-order valence-corrected chi connectivity index (χ1v) is 6.88. The van der Waals surface area contributed by atoms with Crippen LogP contribution in [0.15, 0.2) is 33.2 Å². The van der Waals surface area contributed by atoms with Gasteiger partial charge in [0.15, 0.2) is 0 Å². The molecule has 0 saturated carbocycles. The van der Waals surface area contributed by atoms with Gasteiger partial charge in [-0.05, 0) is 43.7 Å². The first kappa shape index (κ1) is 14.2. The van der Waals surface area contributed by atoms with Gasteiger partial charge in [0.05, 0.1) is 13.2 Å². The maximum Gasteiger partial charge on any atom is 0.119 e. The average molecular weight is 325 g/mol. The van der Waals surface area contributed by atoms with Crippen LogP contribution in [0.1, 0.15) is 28.8 Å². The SMILES string of the molecule is COc1ccc(Br)c(CC(O)c2cc(C)oc2C)c1. The summed E-state index contributed by atoms with van der Waals surface area (Å²) in [6.45, 7) is 3.75. The largest absolute Gasteiger partial charge is 0.497 e. The predicted molar refractivity (Wildman–Crippen MR) is 77.5 cm³/mol. The molecule has 0 radical (unpaired) electrons. The Bertz CT molecular complexity index is 575. The molecule has 1 N–H and O–H groups in total. The van der Waals surface area contributed by atoms with Crippen LogP contribution in [0.2, 0.25) is 0 Å². The molecule has 0 fully saturated rings. The number of aliphatic hydroxyl groups excluding tert-OH is 1. The molecule has 1 heterocycles. The topological polar surface area (TPSA) is 42.6 Å². The number of furan rings is 1. The van der Waals surface area contributed by atoms with E-state index in [1.807, 2.05) is 38.1 Å². The summed E-state index contributed by atoms with van der Waals surface area (Å²) in [6.07, 6.45) is -0.0710. The van der Waals surface area contributed by atoms with Gasteiger partial charge in [0.1, 0.15) is 17.3 Å². The van der Waals surface area contributed by atoms with Gasteiger partial charge in [0, 0.05) is 16.5 Å². The minimum Gasteiger partial charge on any atom is -0.497 e. The molecule has 2 rings (SSSR count). The highest BCUT2D eigenvalue weighted by atomic mass is 79.9. The lowest BCUT2D eigenvalue weighted by Crippen LogP contribution is -2.03. The van der Waals surface area contributed by atoms with Gasteiger partial charge >= 0.3 is 0 Å². The summed E-state index contributed by atoms with van der Waals surface area (Å²) in [5.74, 6) is 2.37. The Kier molecular flexibility index (Phi) is 4.32. The Hall–Kier alpha value is -1.26. The van der Waals surface area contributed by atoms with Gasteiger partial charge in [-0.25, -0.2) is 0 Å². The zero-order chi connectivity index (χ0) is 14.0. The Morgan fingerprint density at radius 1 is 1.32 bits per heavy atom. The van der Waals surface area contributed by atoms with Crippen LogP contribution in [0.3, 0.4) is 0 Å². The van der Waals surface area contributed by atoms with Gasteiger partial charge in [0.2, 0.25) is 0 Å². The van der Waals surface area contributed by atoms with Crippen molar-refractivity contribution in [3.63, 3.8) is 0 Å². The number of aryl methyl sites for hydroxylation is 2. The van der Waals surface area contributed by atoms with Crippen LogP contribution in [0.4, 0.5) is 0 Å². The third-order valence-corrected chi connectivity index (χ3v) is 3.88. The molecule has 0 aliphatic rings. The molecule has 102 valence electrons. The molecular weight excluding hydrogens is 308 g/mol. The lowest BCUT2D eigenvalue weighted by molar-refractivity contribution is 0.176. The summed E-state index contributed by atoms with van der Waals surface area (Å²) in [7, 11) is 1.63. The van der Waals surface area contributed by atoms with Crippen LogP contribution in [0, 0.1) is 13.8 Å². The Labute approximate surface area is 121 Å². The maximum atomic E-state index is 10.3. The van der Waals surface area contributed by atoms with Crippen molar-refractivity contribution in [2.75, 3.05) is 7.11 Å². The molecule has 1 aromatic heterocycles. The van der Waals surface area contributed by atoms with Crippen molar-refractivity contribution in [2.24, 2.45) is 0 Å². The van der Waals surface area contributed by atoms with Crippen molar-refractivity contribution >= 4 is 15.9 Å². The van der Waals surface area contributed by atoms with E-state index < -0.39 is 6.10 Å². The molecule has 0 aliphatic heterocycles. The fourth-order valence-electron chi connectivity index (χ4n) is 2.13. The van der Waals surface area contributed by atoms with Crippen LogP contribution in [0.25, 0.3) is 0 Å². The first-order chi connectivity index (χ1) is 9.01. The molecular formula is C15H17BrO3. The molecule has 0 aliphatic carbocycles. The zero-order valence-corrected chi connectivity index (χ0v) is 12.8. The van der Waals surface area contributed by atoms with E-state index >= 15 is 0 Å². The third-order valence-electron chi connectivity index (χ3n) is 3.10. The highest BCUT2D eigenvalue weighted by Gasteiger charge is 2.16. The van der Waals surface area contributed by atoms with Crippen molar-refractivity contribution in [3.05, 3.63) is 51.4 Å². The van der Waals surface area contributed by atoms with Gasteiger partial charge in [-0.1, -0.05) is 15.9 Å². The van der Waals surface area contributed by atoms with Crippen molar-refractivity contribution in [3.8, 4) is 5.75 Å². The van der Waals surface area contributed by atoms with Crippen LogP contribution in [-0.4, -0.2) is 12.2 Å². The number of aliphatic hydroxyl groups is 1. The standard InChI is InChI=1S/C15H17BrO3/c1-9-6-13(10(2)19-9)15(17)8-11-7-12(18-3)4-5-14(11)16/h4-7,15,17H,8H2,1-3H3. The second-order valence-electron chi connectivity index (χ2n) is 4.55. The molecule has 0 amide bonds. The minimum atomic E-state index is -0.583. The number of rotatable bonds is 4. The van der Waals surface area contributed by atoms with E-state index in [1.54, 1.807) is 7.11 Å². The summed E-state index contributed by atoms with van der Waals surface area (Å²) < 4.78 is 11.6. The van der Waals surface area contributed by atoms with E-state index in [0.717, 1.165) is 32.9 Å². The maximum absolute atomic E-state index is 10.3. The highest BCUT2D eigenvalue weighted by molar-refractivity contribution is 9.10. The molecule has 1 aromatic carbocycles. The van der Waals surface area contributed by atoms with Crippen LogP contribution in [-0.2, 0) is 6.42 Å². The summed E-state index contributed by atoms with van der Waals surface area (Å²) >= 11 is 3.49. The summed E-state index contributed by atoms with van der Waals surface area (Å²) in [6, 6.07) is 7.62. The van der Waals surface area contributed by atoms with Gasteiger partial charge in [-0.3, -0.25) is 0 Å². The number of hydrogen-bond donors (Lipinski definition) is 1. The van der Waals surface area contributed by atoms with Crippen molar-refractivity contribution in [1.29, 1.82) is 0 Å². The lowest BCUT2D eigenvalue weighted by atomic mass is 10.0. The van der Waals surface area contributed by atoms with Gasteiger partial charge < -0.3 is 14.3 Å². The first-order valence-electron chi connectivity index (χ1n) is 6.08. The van der Waals surface area contributed by atoms with Crippen molar-refractivity contribution < 1.29 is 14.3 Å². The van der Waals surface area contributed by atoms with Gasteiger partial charge in [0.25, 0.3) is 0 Å². The predicted octanol–water partition coefficient (Wildman–Crippen LogP) is 3.94. The molecule has 0 saturated heterocycles. The molecule has 2 aromatic rings. The Morgan fingerprint density at radius 2 is 2.05 bits per heavy atom. The zero-order valence-electron chi connectivity index (χ0n) is 11.2. The van der Waals surface area contributed by atoms with Crippen molar-refractivity contribution in [2.45, 2.75) is 26.4 Å². The van der Waals surface area contributed by atoms with Crippen molar-refractivity contribution in [1.82, 2.24) is 0 Å². The molecule has 1 atom stereocenters. The second kappa shape index (κ2) is 5.80. The summed E-state index contributed by atoms with van der Waals surface area (Å²) in [5, 5.41) is 10.3. The molecule has 3 nitrogen and oxygen atoms in total. The second-order valence-corrected chi connectivity index (χ2v) is 5.40. The minimum absolute atomic E-state index is 0.512. The average Bonchev–Trinajstić information content (AvgIpc) is 2.71. The Balaban J connectivity index is 2.23. The van der Waals surface area contributed by atoms with E-state index in [-0.39, 0.29) is 0 Å². The van der Waals surface area contributed by atoms with E-state index in [0.29, 0.717) is 6.42 Å². The van der Waals surface area contributed by atoms with E-state index in [2.05, 4.69) is 15.9 Å². The molecule has 19 heavy (non-hydrogen) atoms. The van der Waals surface area contributed by atoms with E-state index in [1.165, 1.54) is 0 Å². The fourth-order valence-corrected chi connectivity index (χ4v) is 2.54. The molecule has 1 unspecified atom stereocenters.